The Hall–Kier alpha value is -2.39. The lowest BCUT2D eigenvalue weighted by molar-refractivity contribution is 0.368. The van der Waals surface area contributed by atoms with Gasteiger partial charge in [0.2, 0.25) is 0 Å². The van der Waals surface area contributed by atoms with Gasteiger partial charge in [-0.1, -0.05) is 35.9 Å². The third-order valence-electron chi connectivity index (χ3n) is 4.67. The average molecular weight is 353 g/mol. The van der Waals surface area contributed by atoms with E-state index in [9.17, 15) is 15.8 Å². The molecule has 0 unspecified atom stereocenters. The smallest absolute Gasteiger partial charge is 0.191 e. The third kappa shape index (κ3) is 2.20. The number of benzene rings is 1. The Balaban J connectivity index is 2.37. The van der Waals surface area contributed by atoms with Gasteiger partial charge in [-0.15, -0.1) is 0 Å². The number of fused-ring (bicyclic) bond motifs is 1. The van der Waals surface area contributed by atoms with Crippen molar-refractivity contribution < 1.29 is 0 Å². The van der Waals surface area contributed by atoms with Gasteiger partial charge in [-0.3, -0.25) is 0 Å². The number of nitriles is 3. The summed E-state index contributed by atoms with van der Waals surface area (Å²) in [7, 11) is 0. The van der Waals surface area contributed by atoms with Crippen molar-refractivity contribution in [3.8, 4) is 18.2 Å². The van der Waals surface area contributed by atoms with Crippen molar-refractivity contribution in [3.63, 3.8) is 0 Å². The van der Waals surface area contributed by atoms with Gasteiger partial charge in [0.05, 0.1) is 23.4 Å². The first-order valence-corrected chi connectivity index (χ1v) is 8.89. The van der Waals surface area contributed by atoms with Crippen LogP contribution in [0.5, 0.6) is 0 Å². The summed E-state index contributed by atoms with van der Waals surface area (Å²) in [6, 6.07) is 13.5. The molecule has 0 radical (unpaired) electrons. The van der Waals surface area contributed by atoms with Gasteiger partial charge in [0.15, 0.2) is 5.41 Å². The zero-order valence-corrected chi connectivity index (χ0v) is 14.2. The Kier molecular flexibility index (Phi) is 4.29. The predicted molar refractivity (Wildman–Crippen MR) is 93.6 cm³/mol. The van der Waals surface area contributed by atoms with E-state index in [2.05, 4.69) is 18.2 Å². The Bertz CT molecular complexity index is 868. The molecule has 1 aromatic carbocycles. The van der Waals surface area contributed by atoms with E-state index in [1.165, 1.54) is 0 Å². The molecular formula is C18H13ClN4S. The van der Waals surface area contributed by atoms with E-state index in [-0.39, 0.29) is 17.2 Å². The van der Waals surface area contributed by atoms with Gasteiger partial charge in [-0.25, -0.2) is 0 Å². The topological polar surface area (TPSA) is 97.4 Å². The number of halogens is 1. The fourth-order valence-corrected chi connectivity index (χ4v) is 4.87. The Labute approximate surface area is 149 Å². The van der Waals surface area contributed by atoms with Gasteiger partial charge in [0.25, 0.3) is 0 Å². The molecule has 0 spiro atoms. The minimum atomic E-state index is -1.60. The molecule has 2 N–H and O–H groups in total. The molecule has 4 nitrogen and oxygen atoms in total. The third-order valence-corrected chi connectivity index (χ3v) is 6.02. The minimum absolute atomic E-state index is 0.0364. The van der Waals surface area contributed by atoms with Crippen molar-refractivity contribution in [2.24, 2.45) is 17.1 Å². The summed E-state index contributed by atoms with van der Waals surface area (Å²) in [5.41, 5.74) is 6.46. The van der Waals surface area contributed by atoms with Crippen molar-refractivity contribution in [3.05, 3.63) is 57.8 Å². The number of hydrogen-bond donors (Lipinski definition) is 1. The molecule has 0 aromatic heterocycles. The highest BCUT2D eigenvalue weighted by atomic mass is 35.5. The number of thioether (sulfide) groups is 1. The average Bonchev–Trinajstić information content (AvgIpc) is 2.62. The Morgan fingerprint density at radius 3 is 2.54 bits per heavy atom. The molecule has 1 heterocycles. The largest absolute Gasteiger partial charge is 0.399 e. The number of hydrogen-bond acceptors (Lipinski definition) is 5. The summed E-state index contributed by atoms with van der Waals surface area (Å²) in [5.74, 6) is 0.846. The zero-order chi connectivity index (χ0) is 17.3. The molecule has 0 amide bonds. The fraction of sp³-hybridized carbons (Fsp3) is 0.278. The second kappa shape index (κ2) is 6.25. The summed E-state index contributed by atoms with van der Waals surface area (Å²) in [6.45, 7) is 0. The van der Waals surface area contributed by atoms with Crippen LogP contribution in [0.25, 0.3) is 0 Å². The molecule has 2 atom stereocenters. The van der Waals surface area contributed by atoms with Crippen LogP contribution >= 0.6 is 23.4 Å². The molecule has 0 saturated carbocycles. The van der Waals surface area contributed by atoms with Crippen molar-refractivity contribution in [1.82, 2.24) is 0 Å². The van der Waals surface area contributed by atoms with E-state index in [1.807, 2.05) is 18.2 Å². The van der Waals surface area contributed by atoms with Crippen LogP contribution in [-0.2, 0) is 0 Å². The van der Waals surface area contributed by atoms with Gasteiger partial charge in [0, 0.05) is 28.4 Å². The SMILES string of the molecule is N#CC1=C(N)C(C#N)(C#N)[C@@H](c2ccccc2Cl)[C@@H]2CSCC=C12. The summed E-state index contributed by atoms with van der Waals surface area (Å²) < 4.78 is 0. The zero-order valence-electron chi connectivity index (χ0n) is 12.7. The van der Waals surface area contributed by atoms with E-state index in [0.29, 0.717) is 10.8 Å². The van der Waals surface area contributed by atoms with Crippen molar-refractivity contribution in [1.29, 1.82) is 15.8 Å². The molecule has 118 valence electrons. The molecule has 3 rings (SSSR count). The second-order valence-electron chi connectivity index (χ2n) is 5.73. The predicted octanol–water partition coefficient (Wildman–Crippen LogP) is 3.50. The maximum Gasteiger partial charge on any atom is 0.191 e. The molecule has 1 aliphatic carbocycles. The van der Waals surface area contributed by atoms with E-state index in [1.54, 1.807) is 23.9 Å². The maximum atomic E-state index is 9.87. The van der Waals surface area contributed by atoms with Crippen LogP contribution in [0.1, 0.15) is 11.5 Å². The quantitative estimate of drug-likeness (QED) is 0.834. The molecule has 0 fully saturated rings. The highest BCUT2D eigenvalue weighted by Gasteiger charge is 2.54. The highest BCUT2D eigenvalue weighted by Crippen LogP contribution is 2.55. The summed E-state index contributed by atoms with van der Waals surface area (Å²) >= 11 is 8.09. The van der Waals surface area contributed by atoms with Crippen LogP contribution in [-0.4, -0.2) is 11.5 Å². The fourth-order valence-electron chi connectivity index (χ4n) is 3.56. The van der Waals surface area contributed by atoms with Gasteiger partial charge in [0.1, 0.15) is 6.07 Å². The summed E-state index contributed by atoms with van der Waals surface area (Å²) in [6.07, 6.45) is 1.98. The number of allylic oxidation sites excluding steroid dienone is 3. The van der Waals surface area contributed by atoms with Crippen molar-refractivity contribution in [2.45, 2.75) is 5.92 Å². The number of nitrogens with zero attached hydrogens (tertiary/aromatic N) is 3. The van der Waals surface area contributed by atoms with Crippen LogP contribution in [0.2, 0.25) is 5.02 Å². The lowest BCUT2D eigenvalue weighted by atomic mass is 9.59. The van der Waals surface area contributed by atoms with E-state index in [4.69, 9.17) is 17.3 Å². The first kappa shape index (κ1) is 16.5. The molecule has 0 bridgehead atoms. The molecular weight excluding hydrogens is 340 g/mol. The number of rotatable bonds is 1. The maximum absolute atomic E-state index is 9.87. The van der Waals surface area contributed by atoms with E-state index < -0.39 is 11.3 Å². The molecule has 2 aliphatic rings. The normalized spacial score (nSPS) is 24.8. The minimum Gasteiger partial charge on any atom is -0.399 e. The van der Waals surface area contributed by atoms with Gasteiger partial charge in [-0.05, 0) is 17.2 Å². The van der Waals surface area contributed by atoms with Gasteiger partial charge in [-0.2, -0.15) is 27.5 Å². The summed E-state index contributed by atoms with van der Waals surface area (Å²) in [5, 5.41) is 29.8. The van der Waals surface area contributed by atoms with E-state index >= 15 is 0 Å². The van der Waals surface area contributed by atoms with Crippen molar-refractivity contribution in [2.75, 3.05) is 11.5 Å². The van der Waals surface area contributed by atoms with Gasteiger partial charge < -0.3 is 5.73 Å². The van der Waals surface area contributed by atoms with Crippen LogP contribution in [0, 0.1) is 45.3 Å². The molecule has 1 aliphatic heterocycles. The van der Waals surface area contributed by atoms with E-state index in [0.717, 1.165) is 16.9 Å². The standard InChI is InChI=1S/C18H13ClN4S/c19-15-4-2-1-3-12(15)16-14-8-24-6-5-11(14)13(7-20)17(23)18(16,9-21)10-22/h1-5,14,16H,6,8,23H2/t14-,16+/m1/s1. The second-order valence-corrected chi connectivity index (χ2v) is 7.22. The Morgan fingerprint density at radius 1 is 1.21 bits per heavy atom. The first-order chi connectivity index (χ1) is 11.6. The Morgan fingerprint density at radius 2 is 1.92 bits per heavy atom. The lowest BCUT2D eigenvalue weighted by Crippen LogP contribution is -2.43. The van der Waals surface area contributed by atoms with Gasteiger partial charge >= 0.3 is 0 Å². The highest BCUT2D eigenvalue weighted by molar-refractivity contribution is 7.99. The molecule has 24 heavy (non-hydrogen) atoms. The number of nitrogens with two attached hydrogens (primary N) is 1. The van der Waals surface area contributed by atoms with Crippen molar-refractivity contribution >= 4 is 23.4 Å². The van der Waals surface area contributed by atoms with Crippen LogP contribution in [0.4, 0.5) is 0 Å². The first-order valence-electron chi connectivity index (χ1n) is 7.36. The van der Waals surface area contributed by atoms with Crippen LogP contribution in [0.3, 0.4) is 0 Å². The molecule has 0 saturated heterocycles. The summed E-state index contributed by atoms with van der Waals surface area (Å²) in [4.78, 5) is 0. The molecule has 6 heteroatoms. The van der Waals surface area contributed by atoms with Crippen LogP contribution in [0.15, 0.2) is 47.2 Å². The lowest BCUT2D eigenvalue weighted by Gasteiger charge is -2.43. The molecule has 1 aromatic rings. The van der Waals surface area contributed by atoms with Crippen LogP contribution < -0.4 is 5.73 Å². The monoisotopic (exact) mass is 352 g/mol.